The zero-order valence-electron chi connectivity index (χ0n) is 16.0. The average Bonchev–Trinajstić information content (AvgIpc) is 2.59. The van der Waals surface area contributed by atoms with Crippen molar-refractivity contribution in [3.8, 4) is 11.5 Å². The van der Waals surface area contributed by atoms with E-state index in [1.807, 2.05) is 24.3 Å². The Balaban J connectivity index is 2.08. The first kappa shape index (κ1) is 20.3. The summed E-state index contributed by atoms with van der Waals surface area (Å²) in [7, 11) is 1.36. The second kappa shape index (κ2) is 9.07. The van der Waals surface area contributed by atoms with E-state index >= 15 is 0 Å². The van der Waals surface area contributed by atoms with Crippen LogP contribution in [-0.4, -0.2) is 24.8 Å². The van der Waals surface area contributed by atoms with Crippen LogP contribution in [-0.2, 0) is 20.7 Å². The minimum Gasteiger partial charge on any atom is -0.469 e. The maximum absolute atomic E-state index is 11.9. The molecule has 0 saturated carbocycles. The molecule has 0 atom stereocenters. The molecule has 0 aliphatic rings. The maximum Gasteiger partial charge on any atom is 0.412 e. The Kier molecular flexibility index (Phi) is 6.82. The van der Waals surface area contributed by atoms with Crippen LogP contribution < -0.4 is 10.1 Å². The third kappa shape index (κ3) is 7.01. The number of ether oxygens (including phenoxy) is 3. The predicted octanol–water partition coefficient (Wildman–Crippen LogP) is 4.73. The van der Waals surface area contributed by atoms with Gasteiger partial charge in [-0.15, -0.1) is 0 Å². The fraction of sp³-hybridized carbons (Fsp3) is 0.333. The second-order valence-electron chi connectivity index (χ2n) is 6.84. The number of benzene rings is 2. The quantitative estimate of drug-likeness (QED) is 0.744. The molecule has 6 nitrogen and oxygen atoms in total. The van der Waals surface area contributed by atoms with Gasteiger partial charge in [0.15, 0.2) is 0 Å². The van der Waals surface area contributed by atoms with Gasteiger partial charge >= 0.3 is 12.1 Å². The van der Waals surface area contributed by atoms with Crippen molar-refractivity contribution in [3.63, 3.8) is 0 Å². The Labute approximate surface area is 159 Å². The van der Waals surface area contributed by atoms with Crippen LogP contribution in [0.2, 0.25) is 0 Å². The molecule has 2 aromatic carbocycles. The van der Waals surface area contributed by atoms with E-state index in [1.54, 1.807) is 39.0 Å². The summed E-state index contributed by atoms with van der Waals surface area (Å²) in [6, 6.07) is 15.6. The lowest BCUT2D eigenvalue weighted by molar-refractivity contribution is -0.140. The Morgan fingerprint density at radius 3 is 2.52 bits per heavy atom. The average molecular weight is 370 g/mol. The van der Waals surface area contributed by atoms with Crippen LogP contribution in [0.4, 0.5) is 10.5 Å². The molecule has 0 heterocycles. The molecule has 0 aliphatic heterocycles. The smallest absolute Gasteiger partial charge is 0.412 e. The lowest BCUT2D eigenvalue weighted by Gasteiger charge is -2.19. The van der Waals surface area contributed by atoms with Crippen LogP contribution in [0.3, 0.4) is 0 Å². The van der Waals surface area contributed by atoms with E-state index in [1.165, 1.54) is 7.11 Å². The summed E-state index contributed by atoms with van der Waals surface area (Å²) in [4.78, 5) is 23.3. The summed E-state index contributed by atoms with van der Waals surface area (Å²) >= 11 is 0. The standard InChI is InChI=1S/C21H24NO5/c1-21(2,3)27-20(24)22-16-9-7-10-17(14-16)26-18-11-6-5-8-15(18)12-13-19(23)25-4/h5-11H,12-13H2,1-4H3,(H,22,24). The number of anilines is 1. The number of methoxy groups -OCH3 is 1. The highest BCUT2D eigenvalue weighted by atomic mass is 16.6. The number of carbonyl (C=O) groups is 2. The Bertz CT molecular complexity index is 795. The van der Waals surface area contributed by atoms with Crippen molar-refractivity contribution in [2.45, 2.75) is 39.2 Å². The van der Waals surface area contributed by atoms with Crippen LogP contribution >= 0.6 is 0 Å². The first-order valence-electron chi connectivity index (χ1n) is 8.62. The zero-order valence-corrected chi connectivity index (χ0v) is 16.0. The van der Waals surface area contributed by atoms with E-state index in [4.69, 9.17) is 9.47 Å². The van der Waals surface area contributed by atoms with Gasteiger partial charge in [-0.2, -0.15) is 0 Å². The minimum absolute atomic E-state index is 0.265. The van der Waals surface area contributed by atoms with Crippen molar-refractivity contribution < 1.29 is 23.8 Å². The summed E-state index contributed by atoms with van der Waals surface area (Å²) in [5.41, 5.74) is 0.729. The molecule has 0 saturated heterocycles. The minimum atomic E-state index is -0.587. The molecule has 0 fully saturated rings. The largest absolute Gasteiger partial charge is 0.469 e. The highest BCUT2D eigenvalue weighted by molar-refractivity contribution is 5.84. The van der Waals surface area contributed by atoms with Gasteiger partial charge in [0.1, 0.15) is 17.1 Å². The first-order chi connectivity index (χ1) is 12.8. The molecule has 0 aromatic heterocycles. The van der Waals surface area contributed by atoms with Gasteiger partial charge in [-0.3, -0.25) is 10.1 Å². The number of rotatable bonds is 6. The number of amides is 1. The summed E-state index contributed by atoms with van der Waals surface area (Å²) in [5.74, 6) is 0.779. The number of aryl methyl sites for hydroxylation is 1. The van der Waals surface area contributed by atoms with E-state index in [9.17, 15) is 9.59 Å². The van der Waals surface area contributed by atoms with Gasteiger partial charge in [-0.1, -0.05) is 24.3 Å². The molecule has 143 valence electrons. The molecule has 6 heteroatoms. The molecular formula is C21H24NO5. The predicted molar refractivity (Wildman–Crippen MR) is 102 cm³/mol. The molecule has 1 N–H and O–H groups in total. The van der Waals surface area contributed by atoms with Gasteiger partial charge < -0.3 is 14.2 Å². The van der Waals surface area contributed by atoms with Crippen molar-refractivity contribution in [2.24, 2.45) is 0 Å². The van der Waals surface area contributed by atoms with Gasteiger partial charge in [0.2, 0.25) is 0 Å². The maximum atomic E-state index is 11.9. The number of hydrogen-bond acceptors (Lipinski definition) is 5. The second-order valence-corrected chi connectivity index (χ2v) is 6.84. The third-order valence-electron chi connectivity index (χ3n) is 3.42. The molecule has 2 aromatic rings. The monoisotopic (exact) mass is 370 g/mol. The van der Waals surface area contributed by atoms with E-state index < -0.39 is 11.7 Å². The number of hydrogen-bond donors (Lipinski definition) is 1. The summed E-state index contributed by atoms with van der Waals surface area (Å²) in [6.45, 7) is 5.38. The molecule has 0 aliphatic carbocycles. The van der Waals surface area contributed by atoms with E-state index in [2.05, 4.69) is 16.1 Å². The lowest BCUT2D eigenvalue weighted by atomic mass is 10.1. The van der Waals surface area contributed by atoms with Crippen LogP contribution in [0.1, 0.15) is 32.8 Å². The van der Waals surface area contributed by atoms with Crippen molar-refractivity contribution in [1.29, 1.82) is 0 Å². The molecule has 27 heavy (non-hydrogen) atoms. The molecule has 1 amide bonds. The van der Waals surface area contributed by atoms with Crippen molar-refractivity contribution in [3.05, 3.63) is 54.1 Å². The van der Waals surface area contributed by atoms with E-state index in [0.717, 1.165) is 5.56 Å². The van der Waals surface area contributed by atoms with E-state index in [-0.39, 0.29) is 12.4 Å². The Hall–Kier alpha value is -3.02. The fourth-order valence-corrected chi connectivity index (χ4v) is 2.26. The van der Waals surface area contributed by atoms with Crippen LogP contribution in [0, 0.1) is 6.07 Å². The highest BCUT2D eigenvalue weighted by Crippen LogP contribution is 2.27. The Morgan fingerprint density at radius 1 is 1.07 bits per heavy atom. The van der Waals surface area contributed by atoms with Crippen molar-refractivity contribution >= 4 is 17.7 Å². The van der Waals surface area contributed by atoms with Crippen LogP contribution in [0.25, 0.3) is 0 Å². The van der Waals surface area contributed by atoms with Crippen LogP contribution in [0.15, 0.2) is 42.5 Å². The molecule has 0 bridgehead atoms. The summed E-state index contributed by atoms with van der Waals surface area (Å²) in [6.07, 6.45) is 0.203. The summed E-state index contributed by atoms with van der Waals surface area (Å²) in [5, 5.41) is 2.63. The van der Waals surface area contributed by atoms with E-state index in [0.29, 0.717) is 23.6 Å². The molecule has 2 rings (SSSR count). The van der Waals surface area contributed by atoms with Crippen molar-refractivity contribution in [2.75, 3.05) is 12.4 Å². The van der Waals surface area contributed by atoms with Gasteiger partial charge in [0.25, 0.3) is 0 Å². The number of esters is 1. The fourth-order valence-electron chi connectivity index (χ4n) is 2.26. The van der Waals surface area contributed by atoms with Crippen LogP contribution in [0.5, 0.6) is 11.5 Å². The number of carbonyl (C=O) groups excluding carboxylic acids is 2. The normalized spacial score (nSPS) is 10.8. The number of nitrogens with one attached hydrogen (secondary N) is 1. The number of para-hydroxylation sites is 1. The topological polar surface area (TPSA) is 73.9 Å². The Morgan fingerprint density at radius 2 is 1.81 bits per heavy atom. The van der Waals surface area contributed by atoms with Gasteiger partial charge in [0.05, 0.1) is 18.9 Å². The van der Waals surface area contributed by atoms with Crippen molar-refractivity contribution in [1.82, 2.24) is 0 Å². The molecule has 0 unspecified atom stereocenters. The SMILES string of the molecule is COC(=O)CCc1ccccc1Oc1[c]c(NC(=O)OC(C)(C)C)ccc1. The lowest BCUT2D eigenvalue weighted by Crippen LogP contribution is -2.27. The van der Waals surface area contributed by atoms with Gasteiger partial charge in [-0.05, 0) is 51.0 Å². The first-order valence-corrected chi connectivity index (χ1v) is 8.62. The van der Waals surface area contributed by atoms with Gasteiger partial charge in [0, 0.05) is 6.42 Å². The summed E-state index contributed by atoms with van der Waals surface area (Å²) < 4.78 is 15.8. The zero-order chi connectivity index (χ0) is 19.9. The molecule has 1 radical (unpaired) electrons. The molecule has 0 spiro atoms. The van der Waals surface area contributed by atoms with Gasteiger partial charge in [-0.25, -0.2) is 4.79 Å². The highest BCUT2D eigenvalue weighted by Gasteiger charge is 2.16. The molecular weight excluding hydrogens is 346 g/mol. The third-order valence-corrected chi connectivity index (χ3v) is 3.42.